The first-order valence-electron chi connectivity index (χ1n) is 6.47. The number of hydrogen-bond acceptors (Lipinski definition) is 4. The summed E-state index contributed by atoms with van der Waals surface area (Å²) >= 11 is 0. The summed E-state index contributed by atoms with van der Waals surface area (Å²) in [6.07, 6.45) is -3.64. The third-order valence-electron chi connectivity index (χ3n) is 3.86. The zero-order valence-corrected chi connectivity index (χ0v) is 10.8. The predicted molar refractivity (Wildman–Crippen MR) is 62.8 cm³/mol. The summed E-state index contributed by atoms with van der Waals surface area (Å²) in [5.74, 6) is -2.76. The molecule has 1 aromatic rings. The van der Waals surface area contributed by atoms with E-state index >= 15 is 0 Å². The Hall–Kier alpha value is -1.77. The van der Waals surface area contributed by atoms with Gasteiger partial charge in [0, 0.05) is 19.1 Å². The highest BCUT2D eigenvalue weighted by atomic mass is 19.4. The zero-order valence-electron chi connectivity index (χ0n) is 10.8. The van der Waals surface area contributed by atoms with Gasteiger partial charge in [-0.15, -0.1) is 0 Å². The topological polar surface area (TPSA) is 58.1 Å². The minimum absolute atomic E-state index is 0.116. The molecular formula is C12H12F4N4O. The number of carbonyl (C=O) groups is 1. The third kappa shape index (κ3) is 2.69. The van der Waals surface area contributed by atoms with Crippen LogP contribution in [0.4, 0.5) is 17.6 Å². The molecule has 9 heteroatoms. The van der Waals surface area contributed by atoms with E-state index in [1.54, 1.807) is 0 Å². The molecule has 1 aromatic heterocycles. The first-order chi connectivity index (χ1) is 9.84. The van der Waals surface area contributed by atoms with Gasteiger partial charge in [0.25, 0.3) is 5.91 Å². The number of nitrogens with zero attached hydrogens (tertiary/aromatic N) is 3. The molecule has 1 N–H and O–H groups in total. The van der Waals surface area contributed by atoms with Gasteiger partial charge in [0.2, 0.25) is 5.82 Å². The molecule has 2 aliphatic heterocycles. The van der Waals surface area contributed by atoms with Crippen LogP contribution in [0.5, 0.6) is 0 Å². The molecule has 0 aliphatic carbocycles. The van der Waals surface area contributed by atoms with Crippen molar-refractivity contribution in [3.63, 3.8) is 0 Å². The highest BCUT2D eigenvalue weighted by Crippen LogP contribution is 2.30. The van der Waals surface area contributed by atoms with E-state index < -0.39 is 29.4 Å². The number of rotatable bonds is 2. The van der Waals surface area contributed by atoms with Crippen LogP contribution in [0.2, 0.25) is 0 Å². The van der Waals surface area contributed by atoms with Gasteiger partial charge in [-0.05, 0) is 18.9 Å². The summed E-state index contributed by atoms with van der Waals surface area (Å²) in [7, 11) is 0. The molecule has 2 saturated heterocycles. The van der Waals surface area contributed by atoms with E-state index in [2.05, 4.69) is 20.2 Å². The maximum absolute atomic E-state index is 13.1. The Labute approximate surface area is 117 Å². The smallest absolute Gasteiger partial charge is 0.345 e. The summed E-state index contributed by atoms with van der Waals surface area (Å²) in [5.41, 5.74) is -1.72. The second-order valence-electron chi connectivity index (χ2n) is 5.28. The first kappa shape index (κ1) is 14.2. The number of alkyl halides is 3. The van der Waals surface area contributed by atoms with E-state index in [4.69, 9.17) is 0 Å². The van der Waals surface area contributed by atoms with Crippen LogP contribution >= 0.6 is 0 Å². The molecule has 114 valence electrons. The van der Waals surface area contributed by atoms with Crippen LogP contribution < -0.4 is 5.32 Å². The van der Waals surface area contributed by atoms with Crippen molar-refractivity contribution in [3.05, 3.63) is 23.5 Å². The fraction of sp³-hybridized carbons (Fsp3) is 0.583. The zero-order chi connectivity index (χ0) is 15.2. The van der Waals surface area contributed by atoms with E-state index in [1.807, 2.05) is 0 Å². The Kier molecular flexibility index (Phi) is 3.31. The Morgan fingerprint density at radius 1 is 1.38 bits per heavy atom. The molecule has 0 aromatic carbocycles. The molecule has 0 spiro atoms. The van der Waals surface area contributed by atoms with Crippen molar-refractivity contribution >= 4 is 5.91 Å². The number of amides is 1. The predicted octanol–water partition coefficient (Wildman–Crippen LogP) is 1.07. The lowest BCUT2D eigenvalue weighted by Crippen LogP contribution is -2.43. The normalized spacial score (nSPS) is 27.9. The van der Waals surface area contributed by atoms with Crippen LogP contribution in [0.25, 0.3) is 0 Å². The highest BCUT2D eigenvalue weighted by Gasteiger charge is 2.40. The molecule has 2 bridgehead atoms. The molecule has 3 unspecified atom stereocenters. The molecule has 5 nitrogen and oxygen atoms in total. The van der Waals surface area contributed by atoms with Crippen LogP contribution in [0.1, 0.15) is 22.7 Å². The molecule has 0 saturated carbocycles. The molecular weight excluding hydrogens is 292 g/mol. The van der Waals surface area contributed by atoms with Crippen LogP contribution in [0.3, 0.4) is 0 Å². The number of nitrogens with one attached hydrogen (secondary N) is 1. The first-order valence-corrected chi connectivity index (χ1v) is 6.47. The van der Waals surface area contributed by atoms with Gasteiger partial charge >= 0.3 is 6.18 Å². The molecule has 3 atom stereocenters. The monoisotopic (exact) mass is 304 g/mol. The minimum atomic E-state index is -4.96. The van der Waals surface area contributed by atoms with Gasteiger partial charge in [0.15, 0.2) is 11.5 Å². The van der Waals surface area contributed by atoms with E-state index in [0.29, 0.717) is 18.7 Å². The summed E-state index contributed by atoms with van der Waals surface area (Å²) in [6.45, 7) is 2.52. The van der Waals surface area contributed by atoms with Crippen LogP contribution in [0.15, 0.2) is 6.20 Å². The number of hydrogen-bond donors (Lipinski definition) is 1. The molecule has 1 amide bonds. The van der Waals surface area contributed by atoms with Crippen molar-refractivity contribution in [3.8, 4) is 0 Å². The van der Waals surface area contributed by atoms with E-state index in [9.17, 15) is 22.4 Å². The third-order valence-corrected chi connectivity index (χ3v) is 3.86. The van der Waals surface area contributed by atoms with Gasteiger partial charge < -0.3 is 10.2 Å². The average Bonchev–Trinajstić information content (AvgIpc) is 3.00. The lowest BCUT2D eigenvalue weighted by atomic mass is 10.00. The van der Waals surface area contributed by atoms with Gasteiger partial charge in [-0.1, -0.05) is 0 Å². The van der Waals surface area contributed by atoms with Crippen LogP contribution in [0, 0.1) is 11.7 Å². The molecule has 2 fully saturated rings. The fourth-order valence-corrected chi connectivity index (χ4v) is 2.86. The van der Waals surface area contributed by atoms with Crippen LogP contribution in [-0.2, 0) is 6.18 Å². The largest absolute Gasteiger partial charge is 0.436 e. The van der Waals surface area contributed by atoms with Gasteiger partial charge in [-0.25, -0.2) is 14.4 Å². The highest BCUT2D eigenvalue weighted by molar-refractivity contribution is 5.90. The van der Waals surface area contributed by atoms with E-state index in [-0.39, 0.29) is 6.04 Å². The van der Waals surface area contributed by atoms with Crippen molar-refractivity contribution < 1.29 is 22.4 Å². The maximum atomic E-state index is 13.1. The van der Waals surface area contributed by atoms with Crippen molar-refractivity contribution in [2.75, 3.05) is 19.6 Å². The standard InChI is InChI=1S/C12H12F4N4O/c13-7-3-17-10(19-9(7)12(14,15)16)11(21)18-8-5-20-2-1-6(8)4-20/h3,6,8H,1-2,4-5H2,(H,18,21). The molecule has 21 heavy (non-hydrogen) atoms. The lowest BCUT2D eigenvalue weighted by Gasteiger charge is -2.22. The van der Waals surface area contributed by atoms with Crippen LogP contribution in [-0.4, -0.2) is 46.5 Å². The summed E-state index contributed by atoms with van der Waals surface area (Å²) < 4.78 is 50.7. The maximum Gasteiger partial charge on any atom is 0.436 e. The van der Waals surface area contributed by atoms with Gasteiger partial charge in [-0.2, -0.15) is 13.2 Å². The molecule has 2 aliphatic rings. The number of fused-ring (bicyclic) bond motifs is 2. The summed E-state index contributed by atoms with van der Waals surface area (Å²) in [4.78, 5) is 20.4. The minimum Gasteiger partial charge on any atom is -0.345 e. The summed E-state index contributed by atoms with van der Waals surface area (Å²) in [6, 6.07) is -0.116. The number of piperidine rings is 1. The Morgan fingerprint density at radius 3 is 2.71 bits per heavy atom. The SMILES string of the molecule is O=C(NC1CN2CCC1C2)c1ncc(F)c(C(F)(F)F)n1. The Bertz CT molecular complexity index is 577. The number of halogens is 4. The van der Waals surface area contributed by atoms with Gasteiger partial charge in [0.05, 0.1) is 6.20 Å². The summed E-state index contributed by atoms with van der Waals surface area (Å²) in [5, 5.41) is 2.63. The fourth-order valence-electron chi connectivity index (χ4n) is 2.86. The van der Waals surface area contributed by atoms with Crippen molar-refractivity contribution in [1.29, 1.82) is 0 Å². The van der Waals surface area contributed by atoms with Crippen molar-refractivity contribution in [1.82, 2.24) is 20.2 Å². The second kappa shape index (κ2) is 4.90. The van der Waals surface area contributed by atoms with Gasteiger partial charge in [0.1, 0.15) is 0 Å². The number of carbonyl (C=O) groups excluding carboxylic acids is 1. The van der Waals surface area contributed by atoms with Gasteiger partial charge in [-0.3, -0.25) is 4.79 Å². The van der Waals surface area contributed by atoms with Crippen molar-refractivity contribution in [2.45, 2.75) is 18.6 Å². The van der Waals surface area contributed by atoms with Crippen molar-refractivity contribution in [2.24, 2.45) is 5.92 Å². The van der Waals surface area contributed by atoms with E-state index in [1.165, 1.54) is 0 Å². The van der Waals surface area contributed by atoms with E-state index in [0.717, 1.165) is 19.5 Å². The Balaban J connectivity index is 1.76. The molecule has 3 heterocycles. The molecule has 0 radical (unpaired) electrons. The second-order valence-corrected chi connectivity index (χ2v) is 5.28. The Morgan fingerprint density at radius 2 is 2.14 bits per heavy atom. The average molecular weight is 304 g/mol. The molecule has 3 rings (SSSR count). The number of aromatic nitrogens is 2. The lowest BCUT2D eigenvalue weighted by molar-refractivity contribution is -0.143. The quantitative estimate of drug-likeness (QED) is 0.830.